The number of amides is 2. The molecule has 0 heterocycles. The van der Waals surface area contributed by atoms with Crippen LogP contribution in [-0.4, -0.2) is 47.1 Å². The highest BCUT2D eigenvalue weighted by atomic mass is 16.5. The summed E-state index contributed by atoms with van der Waals surface area (Å²) < 4.78 is 5.61. The number of nitrogens with one attached hydrogen (secondary N) is 1. The summed E-state index contributed by atoms with van der Waals surface area (Å²) in [5.74, 6) is -1.48. The molecule has 7 heteroatoms. The molecule has 2 atom stereocenters. The SMILES string of the molecule is CC(C)CN(CCC(=O)Oc1ccc2c(c1)CCC2)C(=O)N[C@H](C(=O)O)C(Cc1ccccc1)c1ccc(-c2ccccc2)cc1. The minimum atomic E-state index is -1.21. The van der Waals surface area contributed by atoms with Crippen LogP contribution in [0.25, 0.3) is 11.1 Å². The minimum Gasteiger partial charge on any atom is -0.480 e. The van der Waals surface area contributed by atoms with Crippen molar-refractivity contribution in [1.82, 2.24) is 10.2 Å². The molecule has 0 radical (unpaired) electrons. The molecule has 0 fully saturated rings. The fourth-order valence-electron chi connectivity index (χ4n) is 6.15. The maximum absolute atomic E-state index is 13.7. The van der Waals surface area contributed by atoms with Crippen molar-refractivity contribution >= 4 is 18.0 Å². The number of hydrogen-bond acceptors (Lipinski definition) is 4. The molecule has 7 nitrogen and oxygen atoms in total. The number of carboxylic acid groups (broad SMARTS) is 1. The number of carboxylic acids is 1. The lowest BCUT2D eigenvalue weighted by atomic mass is 9.85. The van der Waals surface area contributed by atoms with E-state index in [9.17, 15) is 19.5 Å². The number of benzene rings is 4. The normalized spacial score (nSPS) is 13.5. The lowest BCUT2D eigenvalue weighted by Gasteiger charge is -2.30. The molecule has 1 unspecified atom stereocenters. The number of fused-ring (bicyclic) bond motifs is 1. The van der Waals surface area contributed by atoms with Gasteiger partial charge in [-0.3, -0.25) is 4.79 Å². The molecule has 0 aromatic heterocycles. The second kappa shape index (κ2) is 15.4. The molecule has 4 aromatic rings. The summed E-state index contributed by atoms with van der Waals surface area (Å²) >= 11 is 0. The van der Waals surface area contributed by atoms with E-state index in [1.165, 1.54) is 16.0 Å². The average molecular weight is 619 g/mol. The van der Waals surface area contributed by atoms with E-state index in [2.05, 4.69) is 5.32 Å². The van der Waals surface area contributed by atoms with Gasteiger partial charge in [-0.1, -0.05) is 105 Å². The van der Waals surface area contributed by atoms with Crippen LogP contribution in [0.4, 0.5) is 4.79 Å². The lowest BCUT2D eigenvalue weighted by Crippen LogP contribution is -2.52. The molecule has 0 spiro atoms. The molecule has 2 N–H and O–H groups in total. The van der Waals surface area contributed by atoms with Gasteiger partial charge < -0.3 is 20.1 Å². The topological polar surface area (TPSA) is 95.9 Å². The number of aliphatic carboxylic acids is 1. The Hall–Kier alpha value is -4.91. The maximum atomic E-state index is 13.7. The minimum absolute atomic E-state index is 0.0106. The van der Waals surface area contributed by atoms with Gasteiger partial charge in [0.2, 0.25) is 0 Å². The first-order valence-electron chi connectivity index (χ1n) is 16.1. The molecule has 4 aromatic carbocycles. The second-order valence-corrected chi connectivity index (χ2v) is 12.4. The highest BCUT2D eigenvalue weighted by Gasteiger charge is 2.33. The van der Waals surface area contributed by atoms with Gasteiger partial charge in [-0.25, -0.2) is 9.59 Å². The van der Waals surface area contributed by atoms with Crippen molar-refractivity contribution in [3.63, 3.8) is 0 Å². The van der Waals surface area contributed by atoms with Gasteiger partial charge in [0.15, 0.2) is 0 Å². The Bertz CT molecular complexity index is 1620. The van der Waals surface area contributed by atoms with E-state index < -0.39 is 29.9 Å². The lowest BCUT2D eigenvalue weighted by molar-refractivity contribution is -0.140. The Balaban J connectivity index is 1.32. The quantitative estimate of drug-likeness (QED) is 0.121. The first kappa shape index (κ1) is 32.5. The van der Waals surface area contributed by atoms with Gasteiger partial charge in [-0.2, -0.15) is 0 Å². The summed E-state index contributed by atoms with van der Waals surface area (Å²) in [5.41, 5.74) is 6.37. The molecule has 238 valence electrons. The summed E-state index contributed by atoms with van der Waals surface area (Å²) in [6, 6.07) is 31.6. The van der Waals surface area contributed by atoms with Crippen molar-refractivity contribution in [3.8, 4) is 16.9 Å². The van der Waals surface area contributed by atoms with Crippen molar-refractivity contribution < 1.29 is 24.2 Å². The maximum Gasteiger partial charge on any atom is 0.326 e. The molecule has 0 saturated heterocycles. The Morgan fingerprint density at radius 2 is 1.48 bits per heavy atom. The zero-order valence-electron chi connectivity index (χ0n) is 26.5. The molecule has 2 amide bonds. The van der Waals surface area contributed by atoms with Crippen LogP contribution in [0.1, 0.15) is 54.9 Å². The van der Waals surface area contributed by atoms with Crippen LogP contribution in [0.2, 0.25) is 0 Å². The van der Waals surface area contributed by atoms with Crippen LogP contribution in [0.3, 0.4) is 0 Å². The number of carbonyl (C=O) groups is 3. The zero-order chi connectivity index (χ0) is 32.5. The van der Waals surface area contributed by atoms with Gasteiger partial charge >= 0.3 is 18.0 Å². The fourth-order valence-corrected chi connectivity index (χ4v) is 6.15. The third-order valence-electron chi connectivity index (χ3n) is 8.45. The first-order valence-corrected chi connectivity index (χ1v) is 16.1. The molecular weight excluding hydrogens is 576 g/mol. The number of hydrogen-bond donors (Lipinski definition) is 2. The summed E-state index contributed by atoms with van der Waals surface area (Å²) in [7, 11) is 0. The van der Waals surface area contributed by atoms with Crippen LogP contribution >= 0.6 is 0 Å². The van der Waals surface area contributed by atoms with E-state index in [4.69, 9.17) is 4.74 Å². The standard InChI is InChI=1S/C39H42N2O5/c1-27(2)26-41(23-22-36(42)46-34-21-20-30-14-9-15-33(30)25-34)39(45)40-37(38(43)44)35(24-28-10-5-3-6-11-28)32-18-16-31(17-19-32)29-12-7-4-8-13-29/h3-8,10-13,16-21,25,27,35,37H,9,14-15,22-24,26H2,1-2H3,(H,40,45)(H,43,44)/t35?,37-/m0/s1. The third-order valence-corrected chi connectivity index (χ3v) is 8.45. The van der Waals surface area contributed by atoms with E-state index >= 15 is 0 Å². The van der Waals surface area contributed by atoms with Gasteiger partial charge in [0, 0.05) is 19.0 Å². The number of esters is 1. The monoisotopic (exact) mass is 618 g/mol. The molecule has 1 aliphatic rings. The van der Waals surface area contributed by atoms with Crippen molar-refractivity contribution in [3.05, 3.63) is 125 Å². The summed E-state index contributed by atoms with van der Waals surface area (Å²) in [6.45, 7) is 4.42. The van der Waals surface area contributed by atoms with Crippen LogP contribution < -0.4 is 10.1 Å². The number of rotatable bonds is 13. The molecule has 46 heavy (non-hydrogen) atoms. The van der Waals surface area contributed by atoms with E-state index in [-0.39, 0.29) is 18.9 Å². The van der Waals surface area contributed by atoms with Crippen LogP contribution in [-0.2, 0) is 28.9 Å². The number of nitrogens with zero attached hydrogens (tertiary/aromatic N) is 1. The molecular formula is C39H42N2O5. The highest BCUT2D eigenvalue weighted by molar-refractivity contribution is 5.84. The Morgan fingerprint density at radius 3 is 2.15 bits per heavy atom. The van der Waals surface area contributed by atoms with Gasteiger partial charge in [-0.05, 0) is 77.1 Å². The highest BCUT2D eigenvalue weighted by Crippen LogP contribution is 2.29. The molecule has 5 rings (SSSR count). The van der Waals surface area contributed by atoms with Crippen LogP contribution in [0.5, 0.6) is 5.75 Å². The first-order chi connectivity index (χ1) is 22.3. The molecule has 1 aliphatic carbocycles. The largest absolute Gasteiger partial charge is 0.480 e. The van der Waals surface area contributed by atoms with Crippen molar-refractivity contribution in [2.45, 2.75) is 57.9 Å². The zero-order valence-corrected chi connectivity index (χ0v) is 26.5. The number of carbonyl (C=O) groups excluding carboxylic acids is 2. The van der Waals surface area contributed by atoms with Crippen molar-refractivity contribution in [2.75, 3.05) is 13.1 Å². The number of ether oxygens (including phenoxy) is 1. The third kappa shape index (κ3) is 8.62. The summed E-state index contributed by atoms with van der Waals surface area (Å²) in [5, 5.41) is 13.3. The van der Waals surface area contributed by atoms with Crippen molar-refractivity contribution in [2.24, 2.45) is 5.92 Å². The second-order valence-electron chi connectivity index (χ2n) is 12.4. The predicted molar refractivity (Wildman–Crippen MR) is 180 cm³/mol. The number of aryl methyl sites for hydroxylation is 2. The van der Waals surface area contributed by atoms with Gasteiger partial charge in [0.1, 0.15) is 11.8 Å². The Morgan fingerprint density at radius 1 is 0.826 bits per heavy atom. The van der Waals surface area contributed by atoms with E-state index in [0.717, 1.165) is 41.5 Å². The molecule has 0 bridgehead atoms. The summed E-state index contributed by atoms with van der Waals surface area (Å²) in [4.78, 5) is 40.9. The fraction of sp³-hybridized carbons (Fsp3) is 0.308. The summed E-state index contributed by atoms with van der Waals surface area (Å²) in [6.07, 6.45) is 3.54. The molecule has 0 saturated carbocycles. The van der Waals surface area contributed by atoms with Gasteiger partial charge in [0.05, 0.1) is 6.42 Å². The number of urea groups is 1. The van der Waals surface area contributed by atoms with E-state index in [1.807, 2.05) is 117 Å². The predicted octanol–water partition coefficient (Wildman–Crippen LogP) is 7.29. The van der Waals surface area contributed by atoms with E-state index in [1.54, 1.807) is 0 Å². The van der Waals surface area contributed by atoms with E-state index in [0.29, 0.717) is 18.7 Å². The smallest absolute Gasteiger partial charge is 0.326 e. The van der Waals surface area contributed by atoms with Crippen LogP contribution in [0.15, 0.2) is 103 Å². The van der Waals surface area contributed by atoms with Crippen LogP contribution in [0, 0.1) is 5.92 Å². The van der Waals surface area contributed by atoms with Crippen molar-refractivity contribution in [1.29, 1.82) is 0 Å². The Kier molecular flexibility index (Phi) is 10.9. The van der Waals surface area contributed by atoms with Gasteiger partial charge in [0.25, 0.3) is 0 Å². The molecule has 0 aliphatic heterocycles. The average Bonchev–Trinajstić information content (AvgIpc) is 3.53. The van der Waals surface area contributed by atoms with Gasteiger partial charge in [-0.15, -0.1) is 0 Å². The Labute approximate surface area is 271 Å².